The fraction of sp³-hybridized carbons (Fsp3) is 0.444. The lowest BCUT2D eigenvalue weighted by Crippen LogP contribution is -2.20. The Balaban J connectivity index is 1.93. The Morgan fingerprint density at radius 2 is 1.76 bits per heavy atom. The first kappa shape index (κ1) is 17.5. The molecule has 0 spiro atoms. The van der Waals surface area contributed by atoms with E-state index >= 15 is 0 Å². The standard InChI is InChI=1S/C18H20F3N3O/c1-12-7-9-13(10-8-12)24(2)17-22-11-15(18(19,20)21)16(23-17)25-14-5-3-4-6-14/h7-11,14H,3-6H2,1-2H3. The van der Waals surface area contributed by atoms with Crippen LogP contribution in [0.15, 0.2) is 30.5 Å². The Kier molecular flexibility index (Phi) is 4.83. The minimum absolute atomic E-state index is 0.171. The first-order chi connectivity index (χ1) is 11.8. The van der Waals surface area contributed by atoms with Crippen molar-refractivity contribution in [2.45, 2.75) is 44.9 Å². The molecule has 0 saturated heterocycles. The van der Waals surface area contributed by atoms with Gasteiger partial charge in [-0.2, -0.15) is 18.2 Å². The average Bonchev–Trinajstić information content (AvgIpc) is 3.07. The molecule has 134 valence electrons. The molecule has 1 fully saturated rings. The summed E-state index contributed by atoms with van der Waals surface area (Å²) in [6, 6.07) is 7.58. The average molecular weight is 351 g/mol. The van der Waals surface area contributed by atoms with Gasteiger partial charge in [-0.15, -0.1) is 0 Å². The van der Waals surface area contributed by atoms with Gasteiger partial charge in [-0.25, -0.2) is 4.98 Å². The molecule has 1 aliphatic rings. The predicted octanol–water partition coefficient (Wildman–Crippen LogP) is 4.89. The van der Waals surface area contributed by atoms with Crippen LogP contribution in [0.25, 0.3) is 0 Å². The summed E-state index contributed by atoms with van der Waals surface area (Å²) in [5.41, 5.74) is 0.952. The molecule has 0 atom stereocenters. The highest BCUT2D eigenvalue weighted by Crippen LogP contribution is 2.37. The molecule has 7 heteroatoms. The molecule has 0 bridgehead atoms. The van der Waals surface area contributed by atoms with Gasteiger partial charge < -0.3 is 9.64 Å². The van der Waals surface area contributed by atoms with Crippen molar-refractivity contribution in [3.63, 3.8) is 0 Å². The Morgan fingerprint density at radius 1 is 1.12 bits per heavy atom. The van der Waals surface area contributed by atoms with Gasteiger partial charge >= 0.3 is 6.18 Å². The van der Waals surface area contributed by atoms with Crippen LogP contribution in [0.1, 0.15) is 36.8 Å². The van der Waals surface area contributed by atoms with E-state index in [1.807, 2.05) is 31.2 Å². The predicted molar refractivity (Wildman–Crippen MR) is 89.2 cm³/mol. The van der Waals surface area contributed by atoms with E-state index in [9.17, 15) is 13.2 Å². The van der Waals surface area contributed by atoms with Crippen molar-refractivity contribution in [1.29, 1.82) is 0 Å². The molecule has 0 N–H and O–H groups in total. The number of hydrogen-bond donors (Lipinski definition) is 0. The quantitative estimate of drug-likeness (QED) is 0.786. The number of aryl methyl sites for hydroxylation is 1. The third-order valence-electron chi connectivity index (χ3n) is 4.35. The lowest BCUT2D eigenvalue weighted by Gasteiger charge is -2.21. The summed E-state index contributed by atoms with van der Waals surface area (Å²) in [6.07, 6.45) is -0.518. The molecule has 1 aliphatic carbocycles. The van der Waals surface area contributed by atoms with Gasteiger partial charge in [0.25, 0.3) is 0 Å². The first-order valence-electron chi connectivity index (χ1n) is 8.26. The van der Waals surface area contributed by atoms with E-state index < -0.39 is 11.7 Å². The zero-order valence-corrected chi connectivity index (χ0v) is 14.2. The summed E-state index contributed by atoms with van der Waals surface area (Å²) in [6.45, 7) is 1.96. The maximum Gasteiger partial charge on any atom is 0.423 e. The number of rotatable bonds is 4. The van der Waals surface area contributed by atoms with E-state index in [1.165, 1.54) is 0 Å². The number of alkyl halides is 3. The smallest absolute Gasteiger partial charge is 0.423 e. The van der Waals surface area contributed by atoms with Crippen LogP contribution in [-0.2, 0) is 6.18 Å². The minimum Gasteiger partial charge on any atom is -0.474 e. The third kappa shape index (κ3) is 4.03. The zero-order valence-electron chi connectivity index (χ0n) is 14.2. The summed E-state index contributed by atoms with van der Waals surface area (Å²) in [5, 5.41) is 0. The Morgan fingerprint density at radius 3 is 2.36 bits per heavy atom. The van der Waals surface area contributed by atoms with Crippen LogP contribution < -0.4 is 9.64 Å². The first-order valence-corrected chi connectivity index (χ1v) is 8.26. The summed E-state index contributed by atoms with van der Waals surface area (Å²) in [4.78, 5) is 9.61. The van der Waals surface area contributed by atoms with E-state index in [4.69, 9.17) is 4.74 Å². The molecule has 3 rings (SSSR count). The van der Waals surface area contributed by atoms with Gasteiger partial charge in [0.15, 0.2) is 0 Å². The highest BCUT2D eigenvalue weighted by molar-refractivity contribution is 5.57. The molecule has 4 nitrogen and oxygen atoms in total. The molecule has 1 heterocycles. The van der Waals surface area contributed by atoms with Crippen LogP contribution in [0.5, 0.6) is 5.88 Å². The number of benzene rings is 1. The van der Waals surface area contributed by atoms with E-state index in [0.717, 1.165) is 43.1 Å². The molecule has 25 heavy (non-hydrogen) atoms. The molecular formula is C18H20F3N3O. The largest absolute Gasteiger partial charge is 0.474 e. The van der Waals surface area contributed by atoms with Gasteiger partial charge in [-0.1, -0.05) is 17.7 Å². The highest BCUT2D eigenvalue weighted by atomic mass is 19.4. The van der Waals surface area contributed by atoms with Crippen LogP contribution in [0, 0.1) is 6.92 Å². The van der Waals surface area contributed by atoms with Gasteiger partial charge in [-0.3, -0.25) is 0 Å². The maximum atomic E-state index is 13.2. The van der Waals surface area contributed by atoms with Crippen LogP contribution in [0.2, 0.25) is 0 Å². The lowest BCUT2D eigenvalue weighted by atomic mass is 10.2. The van der Waals surface area contributed by atoms with Crippen molar-refractivity contribution >= 4 is 11.6 Å². The van der Waals surface area contributed by atoms with E-state index in [-0.39, 0.29) is 17.9 Å². The van der Waals surface area contributed by atoms with E-state index in [1.54, 1.807) is 11.9 Å². The van der Waals surface area contributed by atoms with Crippen molar-refractivity contribution < 1.29 is 17.9 Å². The van der Waals surface area contributed by atoms with Gasteiger partial charge in [0.1, 0.15) is 11.7 Å². The Labute approximate surface area is 144 Å². The van der Waals surface area contributed by atoms with E-state index in [2.05, 4.69) is 9.97 Å². The van der Waals surface area contributed by atoms with Crippen molar-refractivity contribution in [3.05, 3.63) is 41.6 Å². The van der Waals surface area contributed by atoms with Gasteiger partial charge in [0.2, 0.25) is 11.8 Å². The van der Waals surface area contributed by atoms with Crippen LogP contribution in [0.3, 0.4) is 0 Å². The second kappa shape index (κ2) is 6.90. The zero-order chi connectivity index (χ0) is 18.0. The van der Waals surface area contributed by atoms with Crippen molar-refractivity contribution in [2.75, 3.05) is 11.9 Å². The number of aromatic nitrogens is 2. The molecule has 0 radical (unpaired) electrons. The van der Waals surface area contributed by atoms with Crippen LogP contribution in [-0.4, -0.2) is 23.1 Å². The summed E-state index contributed by atoms with van der Waals surface area (Å²) >= 11 is 0. The molecule has 0 amide bonds. The lowest BCUT2D eigenvalue weighted by molar-refractivity contribution is -0.139. The summed E-state index contributed by atoms with van der Waals surface area (Å²) in [5.74, 6) is -0.215. The number of halogens is 3. The van der Waals surface area contributed by atoms with Crippen LogP contribution in [0.4, 0.5) is 24.8 Å². The Bertz CT molecular complexity index is 725. The summed E-state index contributed by atoms with van der Waals surface area (Å²) in [7, 11) is 1.71. The molecule has 1 aromatic carbocycles. The monoisotopic (exact) mass is 351 g/mol. The fourth-order valence-electron chi connectivity index (χ4n) is 2.85. The number of ether oxygens (including phenoxy) is 1. The third-order valence-corrected chi connectivity index (χ3v) is 4.35. The maximum absolute atomic E-state index is 13.2. The van der Waals surface area contributed by atoms with Crippen molar-refractivity contribution in [2.24, 2.45) is 0 Å². The molecule has 2 aromatic rings. The van der Waals surface area contributed by atoms with Gasteiger partial charge in [0, 0.05) is 18.9 Å². The van der Waals surface area contributed by atoms with Gasteiger partial charge in [0.05, 0.1) is 0 Å². The van der Waals surface area contributed by atoms with E-state index in [0.29, 0.717) is 0 Å². The number of nitrogens with zero attached hydrogens (tertiary/aromatic N) is 3. The normalized spacial score (nSPS) is 15.4. The SMILES string of the molecule is Cc1ccc(N(C)c2ncc(C(F)(F)F)c(OC3CCCC3)n2)cc1. The second-order valence-electron chi connectivity index (χ2n) is 6.31. The molecule has 0 unspecified atom stereocenters. The summed E-state index contributed by atoms with van der Waals surface area (Å²) < 4.78 is 45.3. The number of hydrogen-bond acceptors (Lipinski definition) is 4. The number of anilines is 2. The van der Waals surface area contributed by atoms with Crippen LogP contribution >= 0.6 is 0 Å². The molecule has 0 aliphatic heterocycles. The van der Waals surface area contributed by atoms with Crippen molar-refractivity contribution in [1.82, 2.24) is 9.97 Å². The molecular weight excluding hydrogens is 331 g/mol. The molecule has 1 saturated carbocycles. The highest BCUT2D eigenvalue weighted by Gasteiger charge is 2.37. The minimum atomic E-state index is -4.55. The fourth-order valence-corrected chi connectivity index (χ4v) is 2.85. The van der Waals surface area contributed by atoms with Gasteiger partial charge in [-0.05, 0) is 44.7 Å². The second-order valence-corrected chi connectivity index (χ2v) is 6.31. The Hall–Kier alpha value is -2.31. The molecule has 1 aromatic heterocycles. The topological polar surface area (TPSA) is 38.2 Å². The van der Waals surface area contributed by atoms with Crippen molar-refractivity contribution in [3.8, 4) is 5.88 Å².